The van der Waals surface area contributed by atoms with Gasteiger partial charge in [-0.2, -0.15) is 0 Å². The van der Waals surface area contributed by atoms with Gasteiger partial charge in [0.2, 0.25) is 0 Å². The molecule has 4 rings (SSSR count). The van der Waals surface area contributed by atoms with E-state index >= 15 is 0 Å². The zero-order valence-corrected chi connectivity index (χ0v) is 16.5. The van der Waals surface area contributed by atoms with Gasteiger partial charge in [0.15, 0.2) is 11.0 Å². The van der Waals surface area contributed by atoms with E-state index in [0.29, 0.717) is 0 Å². The van der Waals surface area contributed by atoms with Crippen LogP contribution in [0.25, 0.3) is 10.7 Å². The lowest BCUT2D eigenvalue weighted by molar-refractivity contribution is 0.449. The zero-order chi connectivity index (χ0) is 17.4. The Labute approximate surface area is 156 Å². The summed E-state index contributed by atoms with van der Waals surface area (Å²) in [4.78, 5) is 7.17. The van der Waals surface area contributed by atoms with Gasteiger partial charge in [-0.1, -0.05) is 25.1 Å². The van der Waals surface area contributed by atoms with Gasteiger partial charge in [-0.3, -0.25) is 0 Å². The topological polar surface area (TPSA) is 48.5 Å². The number of aromatic nitrogens is 5. The van der Waals surface area contributed by atoms with E-state index in [2.05, 4.69) is 39.8 Å². The molecule has 0 spiro atoms. The molecule has 0 saturated heterocycles. The Balaban J connectivity index is 1.53. The number of fused-ring (bicyclic) bond motifs is 1. The first-order chi connectivity index (χ1) is 12.2. The van der Waals surface area contributed by atoms with E-state index in [1.165, 1.54) is 36.1 Å². The summed E-state index contributed by atoms with van der Waals surface area (Å²) in [5, 5.41) is 9.81. The monoisotopic (exact) mass is 373 g/mol. The molecule has 1 aliphatic carbocycles. The predicted octanol–water partition coefficient (Wildman–Crippen LogP) is 4.08. The predicted molar refractivity (Wildman–Crippen MR) is 103 cm³/mol. The smallest absolute Gasteiger partial charge is 0.191 e. The molecule has 0 aliphatic heterocycles. The molecule has 3 aromatic rings. The third-order valence-electron chi connectivity index (χ3n) is 5.07. The fourth-order valence-corrected chi connectivity index (χ4v) is 5.52. The Morgan fingerprint density at radius 3 is 2.96 bits per heavy atom. The lowest BCUT2D eigenvalue weighted by atomic mass is 9.87. The Hall–Kier alpha value is -1.60. The summed E-state index contributed by atoms with van der Waals surface area (Å²) >= 11 is 3.58. The molecule has 25 heavy (non-hydrogen) atoms. The van der Waals surface area contributed by atoms with Crippen LogP contribution in [0.5, 0.6) is 0 Å². The van der Waals surface area contributed by atoms with Crippen molar-refractivity contribution >= 4 is 23.1 Å². The summed E-state index contributed by atoms with van der Waals surface area (Å²) in [5.74, 6) is 3.68. The van der Waals surface area contributed by atoms with Gasteiger partial charge in [-0.05, 0) is 36.8 Å². The van der Waals surface area contributed by atoms with Crippen molar-refractivity contribution in [1.82, 2.24) is 24.3 Å². The van der Waals surface area contributed by atoms with Crippen LogP contribution < -0.4 is 0 Å². The summed E-state index contributed by atoms with van der Waals surface area (Å²) in [6, 6.07) is 2.35. The van der Waals surface area contributed by atoms with Crippen LogP contribution in [0.1, 0.15) is 36.0 Å². The number of aryl methyl sites for hydroxylation is 2. The lowest BCUT2D eigenvalue weighted by Gasteiger charge is -2.19. The molecule has 0 radical (unpaired) electrons. The van der Waals surface area contributed by atoms with E-state index in [1.54, 1.807) is 16.6 Å². The quantitative estimate of drug-likeness (QED) is 0.632. The first kappa shape index (κ1) is 16.8. The van der Waals surface area contributed by atoms with Crippen molar-refractivity contribution in [2.24, 2.45) is 20.0 Å². The second kappa shape index (κ2) is 6.96. The second-order valence-corrected chi connectivity index (χ2v) is 8.76. The lowest BCUT2D eigenvalue weighted by Crippen LogP contribution is -2.10. The first-order valence-corrected chi connectivity index (χ1v) is 10.6. The molecule has 5 nitrogen and oxygen atoms in total. The summed E-state index contributed by atoms with van der Waals surface area (Å²) in [7, 11) is 4.08. The van der Waals surface area contributed by atoms with Crippen LogP contribution in [0.3, 0.4) is 0 Å². The number of nitrogens with zero attached hydrogens (tertiary/aromatic N) is 5. The minimum absolute atomic E-state index is 0.800. The maximum absolute atomic E-state index is 4.47. The Kier molecular flexibility index (Phi) is 4.69. The molecule has 0 saturated carbocycles. The number of hydrogen-bond acceptors (Lipinski definition) is 5. The van der Waals surface area contributed by atoms with Crippen molar-refractivity contribution in [3.8, 4) is 10.7 Å². The van der Waals surface area contributed by atoms with E-state index in [9.17, 15) is 0 Å². The van der Waals surface area contributed by atoms with Crippen LogP contribution in [0.15, 0.2) is 23.6 Å². The zero-order valence-electron chi connectivity index (χ0n) is 14.9. The van der Waals surface area contributed by atoms with Gasteiger partial charge in [-0.25, -0.2) is 4.98 Å². The molecule has 0 fully saturated rings. The van der Waals surface area contributed by atoms with E-state index in [0.717, 1.165) is 28.5 Å². The van der Waals surface area contributed by atoms with Gasteiger partial charge >= 0.3 is 0 Å². The summed E-state index contributed by atoms with van der Waals surface area (Å²) in [6.07, 6.45) is 8.85. The highest BCUT2D eigenvalue weighted by Crippen LogP contribution is 2.38. The molecule has 0 amide bonds. The Morgan fingerprint density at radius 2 is 2.20 bits per heavy atom. The van der Waals surface area contributed by atoms with Crippen LogP contribution in [0.2, 0.25) is 0 Å². The second-order valence-electron chi connectivity index (χ2n) is 6.68. The molecule has 1 unspecified atom stereocenters. The maximum atomic E-state index is 4.47. The van der Waals surface area contributed by atoms with E-state index in [4.69, 9.17) is 0 Å². The van der Waals surface area contributed by atoms with Crippen LogP contribution in [0.4, 0.5) is 0 Å². The Bertz CT molecular complexity index is 876. The van der Waals surface area contributed by atoms with Crippen molar-refractivity contribution in [2.75, 3.05) is 0 Å². The van der Waals surface area contributed by atoms with Gasteiger partial charge < -0.3 is 9.13 Å². The summed E-state index contributed by atoms with van der Waals surface area (Å²) < 4.78 is 4.16. The minimum Gasteiger partial charge on any atom is -0.337 e. The number of thiophene rings is 1. The average Bonchev–Trinajstić information content (AvgIpc) is 3.31. The van der Waals surface area contributed by atoms with Crippen LogP contribution in [0, 0.1) is 5.92 Å². The Morgan fingerprint density at radius 1 is 1.32 bits per heavy atom. The molecule has 132 valence electrons. The van der Waals surface area contributed by atoms with Gasteiger partial charge in [0.25, 0.3) is 0 Å². The average molecular weight is 374 g/mol. The maximum Gasteiger partial charge on any atom is 0.191 e. The molecule has 1 atom stereocenters. The molecule has 3 heterocycles. The van der Waals surface area contributed by atoms with Gasteiger partial charge in [0.1, 0.15) is 5.82 Å². The van der Waals surface area contributed by atoms with Gasteiger partial charge in [0, 0.05) is 31.4 Å². The molecule has 1 aliphatic rings. The van der Waals surface area contributed by atoms with Crippen molar-refractivity contribution in [1.29, 1.82) is 0 Å². The third-order valence-corrected chi connectivity index (χ3v) is 7.32. The highest BCUT2D eigenvalue weighted by Gasteiger charge is 2.22. The number of imidazole rings is 1. The van der Waals surface area contributed by atoms with Crippen molar-refractivity contribution < 1.29 is 0 Å². The van der Waals surface area contributed by atoms with Gasteiger partial charge in [0.05, 0.1) is 10.6 Å². The van der Waals surface area contributed by atoms with E-state index in [1.807, 2.05) is 35.3 Å². The first-order valence-electron chi connectivity index (χ1n) is 8.76. The molecule has 0 N–H and O–H groups in total. The fourth-order valence-electron chi connectivity index (χ4n) is 3.38. The largest absolute Gasteiger partial charge is 0.337 e. The number of hydrogen-bond donors (Lipinski definition) is 0. The normalized spacial score (nSPS) is 17.0. The van der Waals surface area contributed by atoms with Crippen LogP contribution in [-0.4, -0.2) is 24.3 Å². The summed E-state index contributed by atoms with van der Waals surface area (Å²) in [5.41, 5.74) is 1.53. The van der Waals surface area contributed by atoms with Crippen LogP contribution in [-0.2, 0) is 32.7 Å². The SMILES string of the molecule is CCC1CCc2sc(-c3nnc(SCc4nccn4C)n3C)cc2C1. The fraction of sp³-hybridized carbons (Fsp3) is 0.500. The van der Waals surface area contributed by atoms with E-state index in [-0.39, 0.29) is 0 Å². The standard InChI is InChI=1S/C18H23N5S2/c1-4-12-5-6-14-13(9-12)10-15(25-14)17-20-21-18(23(17)3)24-11-16-19-7-8-22(16)2/h7-8,10,12H,4-6,9,11H2,1-3H3. The number of rotatable bonds is 5. The van der Waals surface area contributed by atoms with E-state index < -0.39 is 0 Å². The molecule has 7 heteroatoms. The number of thioether (sulfide) groups is 1. The van der Waals surface area contributed by atoms with Crippen LogP contribution >= 0.6 is 23.1 Å². The molecule has 3 aromatic heterocycles. The van der Waals surface area contributed by atoms with Crippen molar-refractivity contribution in [2.45, 2.75) is 43.5 Å². The highest BCUT2D eigenvalue weighted by atomic mass is 32.2. The summed E-state index contributed by atoms with van der Waals surface area (Å²) in [6.45, 7) is 2.30. The molecule has 0 aromatic carbocycles. The van der Waals surface area contributed by atoms with Crippen molar-refractivity contribution in [3.63, 3.8) is 0 Å². The third kappa shape index (κ3) is 3.27. The molecular weight excluding hydrogens is 350 g/mol. The van der Waals surface area contributed by atoms with Crippen molar-refractivity contribution in [3.05, 3.63) is 34.7 Å². The minimum atomic E-state index is 0.800. The highest BCUT2D eigenvalue weighted by molar-refractivity contribution is 7.98. The molecule has 0 bridgehead atoms. The molecular formula is C18H23N5S2. The van der Waals surface area contributed by atoms with Gasteiger partial charge in [-0.15, -0.1) is 21.5 Å².